The van der Waals surface area contributed by atoms with Crippen molar-refractivity contribution >= 4 is 23.0 Å². The van der Waals surface area contributed by atoms with Gasteiger partial charge in [0.25, 0.3) is 5.91 Å². The fourth-order valence-corrected chi connectivity index (χ4v) is 2.83. The highest BCUT2D eigenvalue weighted by Gasteiger charge is 2.19. The van der Waals surface area contributed by atoms with Crippen molar-refractivity contribution in [2.75, 3.05) is 0 Å². The van der Waals surface area contributed by atoms with Gasteiger partial charge in [0, 0.05) is 11.6 Å². The van der Waals surface area contributed by atoms with Gasteiger partial charge in [-0.3, -0.25) is 4.79 Å². The van der Waals surface area contributed by atoms with Crippen molar-refractivity contribution in [2.45, 2.75) is 13.0 Å². The molecule has 0 bridgehead atoms. The molecule has 7 nitrogen and oxygen atoms in total. The van der Waals surface area contributed by atoms with Crippen LogP contribution in [-0.4, -0.2) is 22.0 Å². The number of carbonyl (C=O) groups excluding carboxylic acids is 1. The van der Waals surface area contributed by atoms with Gasteiger partial charge >= 0.3 is 5.97 Å². The largest absolute Gasteiger partial charge is 0.478 e. The molecule has 128 valence electrons. The van der Waals surface area contributed by atoms with E-state index < -0.39 is 5.97 Å². The molecular formula is C19H13N3O4. The Balaban J connectivity index is 1.70. The number of carboxylic acid groups (broad SMARTS) is 1. The second-order valence-corrected chi connectivity index (χ2v) is 5.97. The van der Waals surface area contributed by atoms with Gasteiger partial charge in [0.2, 0.25) is 5.89 Å². The minimum Gasteiger partial charge on any atom is -0.478 e. The Hall–Kier alpha value is -3.61. The van der Waals surface area contributed by atoms with Crippen LogP contribution in [-0.2, 0) is 4.79 Å². The summed E-state index contributed by atoms with van der Waals surface area (Å²) in [7, 11) is 0. The smallest absolute Gasteiger partial charge is 0.335 e. The van der Waals surface area contributed by atoms with Crippen LogP contribution in [0.3, 0.4) is 0 Å². The molecule has 1 unspecified atom stereocenters. The average molecular weight is 347 g/mol. The predicted molar refractivity (Wildman–Crippen MR) is 92.8 cm³/mol. The molecule has 2 heterocycles. The van der Waals surface area contributed by atoms with Crippen LogP contribution in [0, 0.1) is 0 Å². The van der Waals surface area contributed by atoms with Crippen molar-refractivity contribution in [3.63, 3.8) is 0 Å². The van der Waals surface area contributed by atoms with Crippen LogP contribution in [0.15, 0.2) is 68.8 Å². The third-order valence-corrected chi connectivity index (χ3v) is 4.16. The number of benzene rings is 2. The summed E-state index contributed by atoms with van der Waals surface area (Å²) in [6, 6.07) is 11.5. The minimum absolute atomic E-state index is 0.201. The van der Waals surface area contributed by atoms with Gasteiger partial charge in [-0.25, -0.2) is 9.78 Å². The number of aromatic carboxylic acids is 1. The lowest BCUT2D eigenvalue weighted by molar-refractivity contribution is -0.114. The number of carboxylic acids is 1. The fourth-order valence-electron chi connectivity index (χ4n) is 2.83. The zero-order chi connectivity index (χ0) is 18.3. The van der Waals surface area contributed by atoms with Crippen LogP contribution in [0.1, 0.15) is 28.9 Å². The van der Waals surface area contributed by atoms with E-state index in [-0.39, 0.29) is 17.5 Å². The van der Waals surface area contributed by atoms with Crippen molar-refractivity contribution < 1.29 is 19.1 Å². The summed E-state index contributed by atoms with van der Waals surface area (Å²) in [4.78, 5) is 26.7. The van der Waals surface area contributed by atoms with E-state index in [1.54, 1.807) is 12.1 Å². The summed E-state index contributed by atoms with van der Waals surface area (Å²) < 4.78 is 5.83. The molecule has 2 aromatic carbocycles. The van der Waals surface area contributed by atoms with E-state index in [9.17, 15) is 9.59 Å². The number of rotatable bonds is 3. The summed E-state index contributed by atoms with van der Waals surface area (Å²) in [6.45, 7) is 1.83. The highest BCUT2D eigenvalue weighted by molar-refractivity contribution is 5.89. The van der Waals surface area contributed by atoms with E-state index in [0.29, 0.717) is 22.6 Å². The van der Waals surface area contributed by atoms with E-state index >= 15 is 0 Å². The van der Waals surface area contributed by atoms with Gasteiger partial charge in [0.1, 0.15) is 11.6 Å². The Labute approximate surface area is 147 Å². The minimum atomic E-state index is -0.984. The number of azo groups is 1. The van der Waals surface area contributed by atoms with E-state index in [1.165, 1.54) is 18.2 Å². The number of nitrogens with zero attached hydrogens (tertiary/aromatic N) is 3. The Morgan fingerprint density at radius 1 is 1.15 bits per heavy atom. The van der Waals surface area contributed by atoms with Crippen LogP contribution >= 0.6 is 0 Å². The molecule has 0 saturated carbocycles. The van der Waals surface area contributed by atoms with E-state index in [1.807, 2.05) is 25.1 Å². The number of aromatic nitrogens is 1. The second-order valence-electron chi connectivity index (χ2n) is 5.97. The molecule has 0 aliphatic carbocycles. The number of oxazole rings is 1. The van der Waals surface area contributed by atoms with Crippen LogP contribution in [0.2, 0.25) is 0 Å². The first-order valence-electron chi connectivity index (χ1n) is 7.88. The maximum absolute atomic E-state index is 11.3. The summed E-state index contributed by atoms with van der Waals surface area (Å²) >= 11 is 0. The Morgan fingerprint density at radius 2 is 1.92 bits per heavy atom. The molecule has 0 fully saturated rings. The molecule has 0 spiro atoms. The summed E-state index contributed by atoms with van der Waals surface area (Å²) in [5.74, 6) is -0.935. The molecule has 1 aliphatic rings. The van der Waals surface area contributed by atoms with Crippen molar-refractivity contribution in [2.24, 2.45) is 10.2 Å². The first kappa shape index (κ1) is 15.9. The van der Waals surface area contributed by atoms with Gasteiger partial charge in [-0.15, -0.1) is 5.11 Å². The zero-order valence-electron chi connectivity index (χ0n) is 13.7. The Bertz CT molecular complexity index is 1090. The molecule has 0 radical (unpaired) electrons. The van der Waals surface area contributed by atoms with Crippen molar-refractivity contribution in [1.82, 2.24) is 4.98 Å². The summed E-state index contributed by atoms with van der Waals surface area (Å²) in [6.07, 6.45) is 1.47. The van der Waals surface area contributed by atoms with Crippen molar-refractivity contribution in [1.29, 1.82) is 0 Å². The fraction of sp³-hybridized carbons (Fsp3) is 0.105. The molecule has 0 saturated heterocycles. The molecule has 4 rings (SSSR count). The maximum atomic E-state index is 11.3. The van der Waals surface area contributed by atoms with E-state index in [0.717, 1.165) is 11.1 Å². The van der Waals surface area contributed by atoms with Crippen LogP contribution in [0.25, 0.3) is 22.6 Å². The number of carbonyl (C=O) groups is 2. The number of fused-ring (bicyclic) bond motifs is 1. The van der Waals surface area contributed by atoms with Crippen LogP contribution in [0.5, 0.6) is 0 Å². The standard InChI is InChI=1S/C19H13N3O4/c1-10-8-16(23)21-22-17(10)13-6-7-14-15(9-13)26-18(20-14)11-2-4-12(5-3-11)19(24)25/h2-9,17H,1H3,(H,24,25). The maximum Gasteiger partial charge on any atom is 0.335 e. The molecule has 26 heavy (non-hydrogen) atoms. The molecular weight excluding hydrogens is 334 g/mol. The molecule has 1 atom stereocenters. The number of amides is 1. The van der Waals surface area contributed by atoms with Crippen LogP contribution in [0.4, 0.5) is 0 Å². The Morgan fingerprint density at radius 3 is 2.62 bits per heavy atom. The monoisotopic (exact) mass is 347 g/mol. The van der Waals surface area contributed by atoms with Gasteiger partial charge in [-0.2, -0.15) is 5.11 Å². The van der Waals surface area contributed by atoms with Gasteiger partial charge in [-0.1, -0.05) is 6.07 Å². The van der Waals surface area contributed by atoms with E-state index in [4.69, 9.17) is 9.52 Å². The normalized spacial score (nSPS) is 16.7. The Kier molecular flexibility index (Phi) is 3.69. The molecule has 1 aromatic heterocycles. The highest BCUT2D eigenvalue weighted by Crippen LogP contribution is 2.32. The number of hydrogen-bond acceptors (Lipinski definition) is 5. The highest BCUT2D eigenvalue weighted by atomic mass is 16.4. The lowest BCUT2D eigenvalue weighted by Gasteiger charge is -2.14. The van der Waals surface area contributed by atoms with Gasteiger partial charge < -0.3 is 9.52 Å². The van der Waals surface area contributed by atoms with Crippen LogP contribution < -0.4 is 0 Å². The third kappa shape index (κ3) is 2.79. The molecule has 7 heteroatoms. The molecule has 1 aliphatic heterocycles. The van der Waals surface area contributed by atoms with Gasteiger partial charge in [0.15, 0.2) is 5.58 Å². The third-order valence-electron chi connectivity index (χ3n) is 4.16. The summed E-state index contributed by atoms with van der Waals surface area (Å²) in [5, 5.41) is 16.6. The molecule has 1 N–H and O–H groups in total. The van der Waals surface area contributed by atoms with Crippen molar-refractivity contribution in [3.05, 3.63) is 65.2 Å². The SMILES string of the molecule is CC1=CC(=O)N=NC1c1ccc2nc(-c3ccc(C(=O)O)cc3)oc2c1. The van der Waals surface area contributed by atoms with Gasteiger partial charge in [0.05, 0.1) is 5.56 Å². The first-order valence-corrected chi connectivity index (χ1v) is 7.88. The lowest BCUT2D eigenvalue weighted by Crippen LogP contribution is -2.04. The number of hydrogen-bond donors (Lipinski definition) is 1. The quantitative estimate of drug-likeness (QED) is 0.765. The summed E-state index contributed by atoms with van der Waals surface area (Å²) in [5.41, 5.74) is 3.81. The zero-order valence-corrected chi connectivity index (χ0v) is 13.7. The predicted octanol–water partition coefficient (Wildman–Crippen LogP) is 4.17. The second kappa shape index (κ2) is 6.03. The van der Waals surface area contributed by atoms with Gasteiger partial charge in [-0.05, 0) is 54.5 Å². The lowest BCUT2D eigenvalue weighted by atomic mass is 9.99. The van der Waals surface area contributed by atoms with E-state index in [2.05, 4.69) is 15.2 Å². The average Bonchev–Trinajstić information content (AvgIpc) is 3.05. The van der Waals surface area contributed by atoms with Crippen molar-refractivity contribution in [3.8, 4) is 11.5 Å². The molecule has 3 aromatic rings. The molecule has 1 amide bonds. The first-order chi connectivity index (χ1) is 12.5. The topological polar surface area (TPSA) is 105 Å².